The molecule has 0 atom stereocenters. The van der Waals surface area contributed by atoms with Crippen LogP contribution in [-0.4, -0.2) is 29.0 Å². The van der Waals surface area contributed by atoms with Crippen LogP contribution in [-0.2, 0) is 11.2 Å². The van der Waals surface area contributed by atoms with Gasteiger partial charge in [0.15, 0.2) is 0 Å². The number of amides is 1. The molecule has 0 aromatic carbocycles. The van der Waals surface area contributed by atoms with Crippen LogP contribution < -0.4 is 16.4 Å². The summed E-state index contributed by atoms with van der Waals surface area (Å²) in [6.07, 6.45) is 1.15. The summed E-state index contributed by atoms with van der Waals surface area (Å²) in [6.45, 7) is 5.04. The Hall–Kier alpha value is -1.85. The van der Waals surface area contributed by atoms with Gasteiger partial charge in [-0.05, 0) is 6.92 Å². The van der Waals surface area contributed by atoms with Crippen LogP contribution in [0, 0.1) is 0 Å². The first kappa shape index (κ1) is 13.2. The van der Waals surface area contributed by atoms with Crippen LogP contribution in [0.25, 0.3) is 0 Å². The van der Waals surface area contributed by atoms with Gasteiger partial charge in [0.1, 0.15) is 17.5 Å². The van der Waals surface area contributed by atoms with Crippen molar-refractivity contribution in [2.45, 2.75) is 26.7 Å². The van der Waals surface area contributed by atoms with Crippen LogP contribution in [0.4, 0.5) is 11.6 Å². The minimum Gasteiger partial charge on any atom is -0.384 e. The summed E-state index contributed by atoms with van der Waals surface area (Å²) in [5, 5.41) is 5.79. The molecule has 94 valence electrons. The molecule has 0 fully saturated rings. The van der Waals surface area contributed by atoms with E-state index in [0.29, 0.717) is 37.0 Å². The maximum Gasteiger partial charge on any atom is 0.221 e. The third-order valence-corrected chi connectivity index (χ3v) is 2.14. The normalized spacial score (nSPS) is 10.0. The number of aromatic nitrogens is 2. The van der Waals surface area contributed by atoms with E-state index in [0.717, 1.165) is 6.42 Å². The number of aryl methyl sites for hydroxylation is 1. The van der Waals surface area contributed by atoms with Crippen LogP contribution in [0.1, 0.15) is 26.1 Å². The molecule has 0 bridgehead atoms. The molecule has 0 spiro atoms. The number of rotatable bonds is 6. The molecule has 1 heterocycles. The molecule has 0 aliphatic carbocycles. The Balaban J connectivity index is 2.46. The second-order valence-corrected chi connectivity index (χ2v) is 3.58. The largest absolute Gasteiger partial charge is 0.384 e. The van der Waals surface area contributed by atoms with Crippen molar-refractivity contribution < 1.29 is 4.79 Å². The molecule has 17 heavy (non-hydrogen) atoms. The van der Waals surface area contributed by atoms with E-state index < -0.39 is 0 Å². The highest BCUT2D eigenvalue weighted by atomic mass is 16.1. The molecular weight excluding hydrogens is 218 g/mol. The van der Waals surface area contributed by atoms with Crippen molar-refractivity contribution in [3.05, 3.63) is 11.9 Å². The smallest absolute Gasteiger partial charge is 0.221 e. The van der Waals surface area contributed by atoms with Gasteiger partial charge >= 0.3 is 0 Å². The number of nitrogen functional groups attached to an aromatic ring is 1. The second-order valence-electron chi connectivity index (χ2n) is 3.58. The van der Waals surface area contributed by atoms with Gasteiger partial charge in [0.05, 0.1) is 0 Å². The number of carbonyl (C=O) groups is 1. The molecular formula is C11H19N5O. The quantitative estimate of drug-likeness (QED) is 0.672. The summed E-state index contributed by atoms with van der Waals surface area (Å²) in [5.74, 6) is 1.83. The molecule has 4 N–H and O–H groups in total. The molecule has 6 heteroatoms. The Kier molecular flexibility index (Phi) is 5.19. The fourth-order valence-electron chi connectivity index (χ4n) is 1.36. The number of hydrogen-bond donors (Lipinski definition) is 3. The topological polar surface area (TPSA) is 92.9 Å². The first-order chi connectivity index (χ1) is 8.15. The third kappa shape index (κ3) is 4.67. The number of nitrogens with two attached hydrogens (primary N) is 1. The Morgan fingerprint density at radius 2 is 2.18 bits per heavy atom. The maximum atomic E-state index is 11.2. The van der Waals surface area contributed by atoms with E-state index in [9.17, 15) is 4.79 Å². The van der Waals surface area contributed by atoms with Crippen molar-refractivity contribution in [1.82, 2.24) is 15.3 Å². The SMILES string of the molecule is CCNC(=O)CCNc1cc(N)nc(CC)n1. The van der Waals surface area contributed by atoms with Gasteiger partial charge < -0.3 is 16.4 Å². The molecule has 1 rings (SSSR count). The number of hydrogen-bond acceptors (Lipinski definition) is 5. The summed E-state index contributed by atoms with van der Waals surface area (Å²) in [7, 11) is 0. The van der Waals surface area contributed by atoms with Crippen LogP contribution in [0.3, 0.4) is 0 Å². The van der Waals surface area contributed by atoms with Crippen molar-refractivity contribution >= 4 is 17.5 Å². The number of anilines is 2. The van der Waals surface area contributed by atoms with Crippen LogP contribution in [0.15, 0.2) is 6.07 Å². The van der Waals surface area contributed by atoms with E-state index in [1.807, 2.05) is 13.8 Å². The highest BCUT2D eigenvalue weighted by Gasteiger charge is 2.02. The van der Waals surface area contributed by atoms with Crippen molar-refractivity contribution in [2.24, 2.45) is 0 Å². The van der Waals surface area contributed by atoms with Gasteiger partial charge in [0.2, 0.25) is 5.91 Å². The van der Waals surface area contributed by atoms with Crippen molar-refractivity contribution in [3.8, 4) is 0 Å². The summed E-state index contributed by atoms with van der Waals surface area (Å²) < 4.78 is 0. The average Bonchev–Trinajstić information content (AvgIpc) is 2.28. The van der Waals surface area contributed by atoms with Gasteiger partial charge in [-0.15, -0.1) is 0 Å². The highest BCUT2D eigenvalue weighted by Crippen LogP contribution is 2.08. The lowest BCUT2D eigenvalue weighted by Crippen LogP contribution is -2.24. The first-order valence-corrected chi connectivity index (χ1v) is 5.79. The van der Waals surface area contributed by atoms with Crippen LogP contribution in [0.2, 0.25) is 0 Å². The van der Waals surface area contributed by atoms with Crippen molar-refractivity contribution in [2.75, 3.05) is 24.1 Å². The van der Waals surface area contributed by atoms with E-state index in [4.69, 9.17) is 5.73 Å². The zero-order chi connectivity index (χ0) is 12.7. The van der Waals surface area contributed by atoms with E-state index in [1.54, 1.807) is 6.07 Å². The van der Waals surface area contributed by atoms with Crippen LogP contribution in [0.5, 0.6) is 0 Å². The molecule has 1 aromatic heterocycles. The molecule has 0 radical (unpaired) electrons. The van der Waals surface area contributed by atoms with E-state index in [1.165, 1.54) is 0 Å². The minimum atomic E-state index is 0.0257. The van der Waals surface area contributed by atoms with Crippen LogP contribution >= 0.6 is 0 Å². The molecule has 0 unspecified atom stereocenters. The summed E-state index contributed by atoms with van der Waals surface area (Å²) in [5.41, 5.74) is 5.64. The molecule has 0 saturated heterocycles. The summed E-state index contributed by atoms with van der Waals surface area (Å²) >= 11 is 0. The predicted molar refractivity (Wildman–Crippen MR) is 67.6 cm³/mol. The Morgan fingerprint density at radius 3 is 2.82 bits per heavy atom. The lowest BCUT2D eigenvalue weighted by atomic mass is 10.3. The molecule has 1 aromatic rings. The predicted octanol–water partition coefficient (Wildman–Crippen LogP) is 0.559. The lowest BCUT2D eigenvalue weighted by Gasteiger charge is -2.07. The summed E-state index contributed by atoms with van der Waals surface area (Å²) in [4.78, 5) is 19.5. The standard InChI is InChI=1S/C11H19N5O/c1-3-9-15-8(12)7-10(16-9)14-6-5-11(17)13-4-2/h7H,3-6H2,1-2H3,(H,13,17)(H3,12,14,15,16). The van der Waals surface area contributed by atoms with Gasteiger partial charge in [0.25, 0.3) is 0 Å². The van der Waals surface area contributed by atoms with Gasteiger partial charge in [-0.3, -0.25) is 4.79 Å². The van der Waals surface area contributed by atoms with E-state index in [2.05, 4.69) is 20.6 Å². The third-order valence-electron chi connectivity index (χ3n) is 2.14. The number of nitrogens with zero attached hydrogens (tertiary/aromatic N) is 2. The number of nitrogens with one attached hydrogen (secondary N) is 2. The fourth-order valence-corrected chi connectivity index (χ4v) is 1.36. The Bertz CT molecular complexity index is 380. The van der Waals surface area contributed by atoms with E-state index >= 15 is 0 Å². The molecule has 0 saturated carbocycles. The molecule has 0 aliphatic heterocycles. The van der Waals surface area contributed by atoms with Gasteiger partial charge in [-0.2, -0.15) is 0 Å². The first-order valence-electron chi connectivity index (χ1n) is 5.79. The number of carbonyl (C=O) groups excluding carboxylic acids is 1. The highest BCUT2D eigenvalue weighted by molar-refractivity contribution is 5.76. The van der Waals surface area contributed by atoms with Crippen molar-refractivity contribution in [3.63, 3.8) is 0 Å². The fraction of sp³-hybridized carbons (Fsp3) is 0.545. The van der Waals surface area contributed by atoms with E-state index in [-0.39, 0.29) is 5.91 Å². The maximum absolute atomic E-state index is 11.2. The van der Waals surface area contributed by atoms with Gasteiger partial charge in [0, 0.05) is 32.0 Å². The monoisotopic (exact) mass is 237 g/mol. The second kappa shape index (κ2) is 6.67. The van der Waals surface area contributed by atoms with Gasteiger partial charge in [-0.25, -0.2) is 9.97 Å². The lowest BCUT2D eigenvalue weighted by molar-refractivity contribution is -0.120. The zero-order valence-corrected chi connectivity index (χ0v) is 10.3. The Morgan fingerprint density at radius 1 is 1.41 bits per heavy atom. The zero-order valence-electron chi connectivity index (χ0n) is 10.3. The van der Waals surface area contributed by atoms with Gasteiger partial charge in [-0.1, -0.05) is 6.92 Å². The average molecular weight is 237 g/mol. The molecule has 0 aliphatic rings. The Labute approximate surface area is 101 Å². The minimum absolute atomic E-state index is 0.0257. The summed E-state index contributed by atoms with van der Waals surface area (Å²) in [6, 6.07) is 1.66. The molecule has 1 amide bonds. The van der Waals surface area contributed by atoms with Crippen molar-refractivity contribution in [1.29, 1.82) is 0 Å². The molecule has 6 nitrogen and oxygen atoms in total.